The van der Waals surface area contributed by atoms with Gasteiger partial charge >= 0.3 is 0 Å². The molecule has 6 nitrogen and oxygen atoms in total. The van der Waals surface area contributed by atoms with E-state index in [-0.39, 0.29) is 11.3 Å². The molecule has 3 heterocycles. The summed E-state index contributed by atoms with van der Waals surface area (Å²) in [5, 5.41) is 15.9. The number of aromatic nitrogens is 3. The number of hydrogen-bond acceptors (Lipinski definition) is 6. The summed E-state index contributed by atoms with van der Waals surface area (Å²) >= 11 is 14.0. The van der Waals surface area contributed by atoms with E-state index in [4.69, 9.17) is 28.3 Å². The van der Waals surface area contributed by atoms with Crippen LogP contribution in [0, 0.1) is 5.92 Å². The normalized spacial score (nSPS) is 30.2. The standard InChI is InChI=1S/C17H18Cl2N6S/c1-8-14(9-5-10(18)7-11(19)6-9)24-25-16(22-23-17(25)26-8)15-12-3-2-4-13(12)20-21-15/h5-8,12-13,15,20-21H,2-4H2,1H3. The van der Waals surface area contributed by atoms with Crippen LogP contribution in [-0.2, 0) is 0 Å². The lowest BCUT2D eigenvalue weighted by Gasteiger charge is -2.22. The van der Waals surface area contributed by atoms with E-state index in [1.807, 2.05) is 16.8 Å². The average Bonchev–Trinajstić information content (AvgIpc) is 3.28. The average molecular weight is 409 g/mol. The summed E-state index contributed by atoms with van der Waals surface area (Å²) in [6, 6.07) is 6.18. The van der Waals surface area contributed by atoms with Crippen LogP contribution < -0.4 is 10.9 Å². The molecule has 0 amide bonds. The van der Waals surface area contributed by atoms with Crippen molar-refractivity contribution in [3.8, 4) is 0 Å². The molecule has 1 aromatic heterocycles. The van der Waals surface area contributed by atoms with E-state index in [0.29, 0.717) is 22.0 Å². The molecule has 2 aliphatic heterocycles. The van der Waals surface area contributed by atoms with Gasteiger partial charge in [0.1, 0.15) is 0 Å². The minimum Gasteiger partial charge on any atom is -0.254 e. The van der Waals surface area contributed by atoms with Gasteiger partial charge in [0, 0.05) is 21.7 Å². The van der Waals surface area contributed by atoms with E-state index >= 15 is 0 Å². The number of rotatable bonds is 2. The summed E-state index contributed by atoms with van der Waals surface area (Å²) in [7, 11) is 0. The van der Waals surface area contributed by atoms with Gasteiger partial charge in [-0.2, -0.15) is 9.78 Å². The molecule has 26 heavy (non-hydrogen) atoms. The second kappa shape index (κ2) is 6.49. The number of nitrogens with one attached hydrogen (secondary N) is 2. The molecule has 136 valence electrons. The van der Waals surface area contributed by atoms with Gasteiger partial charge in [-0.3, -0.25) is 5.43 Å². The Labute approximate surface area is 165 Å². The molecule has 0 bridgehead atoms. The molecule has 4 atom stereocenters. The zero-order valence-corrected chi connectivity index (χ0v) is 16.4. The van der Waals surface area contributed by atoms with Gasteiger partial charge in [-0.25, -0.2) is 5.43 Å². The minimum atomic E-state index is 0.130. The van der Waals surface area contributed by atoms with Crippen LogP contribution >= 0.6 is 35.0 Å². The molecule has 0 radical (unpaired) electrons. The lowest BCUT2D eigenvalue weighted by atomic mass is 9.97. The van der Waals surface area contributed by atoms with Crippen LogP contribution in [0.1, 0.15) is 43.6 Å². The molecule has 5 rings (SSSR count). The molecule has 2 fully saturated rings. The minimum absolute atomic E-state index is 0.130. The van der Waals surface area contributed by atoms with Crippen molar-refractivity contribution in [1.82, 2.24) is 25.7 Å². The highest BCUT2D eigenvalue weighted by atomic mass is 35.5. The van der Waals surface area contributed by atoms with Crippen molar-refractivity contribution in [3.05, 3.63) is 39.6 Å². The van der Waals surface area contributed by atoms with Gasteiger partial charge in [0.15, 0.2) is 5.82 Å². The number of halogens is 2. The summed E-state index contributed by atoms with van der Waals surface area (Å²) in [5.74, 6) is 1.40. The summed E-state index contributed by atoms with van der Waals surface area (Å²) in [6.45, 7) is 2.11. The van der Waals surface area contributed by atoms with Gasteiger partial charge < -0.3 is 0 Å². The van der Waals surface area contributed by atoms with Gasteiger partial charge in [-0.15, -0.1) is 10.2 Å². The maximum atomic E-state index is 6.20. The first kappa shape index (κ1) is 17.0. The molecular formula is C17H18Cl2N6S. The van der Waals surface area contributed by atoms with Crippen LogP contribution in [0.3, 0.4) is 0 Å². The Bertz CT molecular complexity index is 877. The SMILES string of the molecule is CC1Sc2nnc(C3NNC4CCCC43)n2N=C1c1cc(Cl)cc(Cl)c1. The van der Waals surface area contributed by atoms with Gasteiger partial charge in [0.25, 0.3) is 0 Å². The van der Waals surface area contributed by atoms with E-state index < -0.39 is 0 Å². The molecule has 1 aromatic carbocycles. The van der Waals surface area contributed by atoms with E-state index in [1.54, 1.807) is 17.8 Å². The predicted molar refractivity (Wildman–Crippen MR) is 104 cm³/mol. The van der Waals surface area contributed by atoms with E-state index in [0.717, 1.165) is 22.3 Å². The summed E-state index contributed by atoms with van der Waals surface area (Å²) in [4.78, 5) is 0. The molecule has 2 N–H and O–H groups in total. The highest BCUT2D eigenvalue weighted by Crippen LogP contribution is 2.40. The lowest BCUT2D eigenvalue weighted by Crippen LogP contribution is -2.31. The van der Waals surface area contributed by atoms with E-state index in [1.165, 1.54) is 19.3 Å². The Morgan fingerprint density at radius 2 is 1.92 bits per heavy atom. The molecule has 1 saturated carbocycles. The summed E-state index contributed by atoms with van der Waals surface area (Å²) in [6.07, 6.45) is 3.65. The molecule has 1 aliphatic carbocycles. The summed E-state index contributed by atoms with van der Waals surface area (Å²) < 4.78 is 1.88. The van der Waals surface area contributed by atoms with Gasteiger partial charge in [-0.1, -0.05) is 41.4 Å². The highest BCUT2D eigenvalue weighted by Gasteiger charge is 2.43. The molecule has 4 unspecified atom stereocenters. The van der Waals surface area contributed by atoms with Gasteiger partial charge in [0.05, 0.1) is 17.0 Å². The van der Waals surface area contributed by atoms with Crippen molar-refractivity contribution in [3.63, 3.8) is 0 Å². The Morgan fingerprint density at radius 1 is 1.12 bits per heavy atom. The fourth-order valence-corrected chi connectivity index (χ4v) is 5.62. The van der Waals surface area contributed by atoms with Crippen LogP contribution in [0.25, 0.3) is 0 Å². The number of thioether (sulfide) groups is 1. The van der Waals surface area contributed by atoms with Crippen LogP contribution in [0.2, 0.25) is 10.0 Å². The fraction of sp³-hybridized carbons (Fsp3) is 0.471. The third kappa shape index (κ3) is 2.77. The van der Waals surface area contributed by atoms with Crippen molar-refractivity contribution < 1.29 is 0 Å². The Hall–Kier alpha value is -1.12. The number of benzene rings is 1. The van der Waals surface area contributed by atoms with Crippen LogP contribution in [0.4, 0.5) is 0 Å². The maximum absolute atomic E-state index is 6.20. The fourth-order valence-electron chi connectivity index (χ4n) is 4.16. The first-order valence-electron chi connectivity index (χ1n) is 8.78. The van der Waals surface area contributed by atoms with Crippen molar-refractivity contribution in [2.75, 3.05) is 0 Å². The molecule has 3 aliphatic rings. The van der Waals surface area contributed by atoms with Crippen LogP contribution in [-0.4, -0.2) is 31.9 Å². The first-order chi connectivity index (χ1) is 12.6. The molecule has 0 spiro atoms. The van der Waals surface area contributed by atoms with Gasteiger partial charge in [-0.05, 0) is 43.9 Å². The number of hydrazine groups is 1. The van der Waals surface area contributed by atoms with Gasteiger partial charge in [0.2, 0.25) is 5.16 Å². The van der Waals surface area contributed by atoms with E-state index in [9.17, 15) is 0 Å². The van der Waals surface area contributed by atoms with Crippen LogP contribution in [0.15, 0.2) is 28.5 Å². The van der Waals surface area contributed by atoms with Crippen molar-refractivity contribution in [1.29, 1.82) is 0 Å². The van der Waals surface area contributed by atoms with E-state index in [2.05, 4.69) is 28.0 Å². The third-order valence-corrected chi connectivity index (χ3v) is 6.85. The third-order valence-electron chi connectivity index (χ3n) is 5.37. The quantitative estimate of drug-likeness (QED) is 0.793. The smallest absolute Gasteiger partial charge is 0.212 e. The molecular weight excluding hydrogens is 391 g/mol. The Balaban J connectivity index is 1.56. The number of nitrogens with zero attached hydrogens (tertiary/aromatic N) is 4. The molecule has 9 heteroatoms. The summed E-state index contributed by atoms with van der Waals surface area (Å²) in [5.41, 5.74) is 8.68. The Kier molecular flexibility index (Phi) is 4.25. The second-order valence-electron chi connectivity index (χ2n) is 7.02. The Morgan fingerprint density at radius 3 is 2.73 bits per heavy atom. The monoisotopic (exact) mass is 408 g/mol. The molecule has 1 saturated heterocycles. The first-order valence-corrected chi connectivity index (χ1v) is 10.4. The lowest BCUT2D eigenvalue weighted by molar-refractivity contribution is 0.425. The molecule has 2 aromatic rings. The number of hydrogen-bond donors (Lipinski definition) is 2. The maximum Gasteiger partial charge on any atom is 0.212 e. The topological polar surface area (TPSA) is 67.1 Å². The largest absolute Gasteiger partial charge is 0.254 e. The van der Waals surface area contributed by atoms with Crippen LogP contribution in [0.5, 0.6) is 0 Å². The highest BCUT2D eigenvalue weighted by molar-refractivity contribution is 8.00. The zero-order chi connectivity index (χ0) is 17.8. The van der Waals surface area contributed by atoms with Crippen molar-refractivity contribution >= 4 is 40.7 Å². The predicted octanol–water partition coefficient (Wildman–Crippen LogP) is 3.65. The second-order valence-corrected chi connectivity index (χ2v) is 9.20. The van der Waals surface area contributed by atoms with Crippen molar-refractivity contribution in [2.24, 2.45) is 11.0 Å². The number of fused-ring (bicyclic) bond motifs is 2. The zero-order valence-electron chi connectivity index (χ0n) is 14.1. The van der Waals surface area contributed by atoms with Crippen molar-refractivity contribution in [2.45, 2.75) is 48.7 Å².